The molecule has 82 valence electrons. The highest BCUT2D eigenvalue weighted by atomic mass is 19.1. The van der Waals surface area contributed by atoms with Crippen molar-refractivity contribution in [2.45, 2.75) is 20.3 Å². The van der Waals surface area contributed by atoms with Crippen LogP contribution < -0.4 is 4.74 Å². The predicted molar refractivity (Wildman–Crippen MR) is 56.7 cm³/mol. The van der Waals surface area contributed by atoms with Crippen LogP contribution in [0, 0.1) is 11.7 Å². The van der Waals surface area contributed by atoms with Gasteiger partial charge in [-0.3, -0.25) is 4.79 Å². The van der Waals surface area contributed by atoms with Crippen LogP contribution in [0.2, 0.25) is 0 Å². The van der Waals surface area contributed by atoms with Gasteiger partial charge in [0.2, 0.25) is 0 Å². The topological polar surface area (TPSA) is 26.3 Å². The van der Waals surface area contributed by atoms with Gasteiger partial charge in [-0.25, -0.2) is 4.39 Å². The van der Waals surface area contributed by atoms with E-state index in [9.17, 15) is 9.18 Å². The minimum absolute atomic E-state index is 0.0446. The van der Waals surface area contributed by atoms with E-state index in [0.29, 0.717) is 12.0 Å². The van der Waals surface area contributed by atoms with Crippen LogP contribution in [-0.2, 0) is 0 Å². The minimum Gasteiger partial charge on any atom is -0.493 e. The van der Waals surface area contributed by atoms with E-state index in [4.69, 9.17) is 4.74 Å². The zero-order valence-corrected chi connectivity index (χ0v) is 9.21. The van der Waals surface area contributed by atoms with Gasteiger partial charge in [-0.1, -0.05) is 19.9 Å². The van der Waals surface area contributed by atoms with Gasteiger partial charge in [0.05, 0.1) is 12.7 Å². The summed E-state index contributed by atoms with van der Waals surface area (Å²) in [4.78, 5) is 11.7. The lowest BCUT2D eigenvalue weighted by Gasteiger charge is -2.09. The SMILES string of the molecule is COc1c(F)cccc1C(=O)CC(C)C. The number of ketones is 1. The zero-order chi connectivity index (χ0) is 11.4. The fourth-order valence-corrected chi connectivity index (χ4v) is 1.42. The van der Waals surface area contributed by atoms with Crippen molar-refractivity contribution in [2.24, 2.45) is 5.92 Å². The Morgan fingerprint density at radius 1 is 1.47 bits per heavy atom. The van der Waals surface area contributed by atoms with E-state index >= 15 is 0 Å². The third kappa shape index (κ3) is 2.78. The number of halogens is 1. The minimum atomic E-state index is -0.493. The summed E-state index contributed by atoms with van der Waals surface area (Å²) in [5, 5.41) is 0. The highest BCUT2D eigenvalue weighted by molar-refractivity contribution is 5.98. The number of ether oxygens (including phenoxy) is 1. The molecule has 0 aliphatic carbocycles. The van der Waals surface area contributed by atoms with E-state index in [-0.39, 0.29) is 17.5 Å². The molecule has 0 N–H and O–H groups in total. The molecule has 2 nitrogen and oxygen atoms in total. The van der Waals surface area contributed by atoms with Crippen molar-refractivity contribution in [3.8, 4) is 5.75 Å². The molecule has 0 saturated carbocycles. The second-order valence-corrected chi connectivity index (χ2v) is 3.84. The molecular weight excluding hydrogens is 195 g/mol. The Balaban J connectivity index is 3.03. The Morgan fingerprint density at radius 3 is 2.67 bits per heavy atom. The van der Waals surface area contributed by atoms with Crippen LogP contribution in [0.25, 0.3) is 0 Å². The summed E-state index contributed by atoms with van der Waals surface area (Å²) < 4.78 is 18.2. The Morgan fingerprint density at radius 2 is 2.13 bits per heavy atom. The molecular formula is C12H15FO2. The van der Waals surface area contributed by atoms with E-state index in [2.05, 4.69) is 0 Å². The predicted octanol–water partition coefficient (Wildman–Crippen LogP) is 3.06. The molecule has 0 bridgehead atoms. The van der Waals surface area contributed by atoms with Gasteiger partial charge in [-0.05, 0) is 18.1 Å². The quantitative estimate of drug-likeness (QED) is 0.714. The van der Waals surface area contributed by atoms with Crippen LogP contribution in [-0.4, -0.2) is 12.9 Å². The standard InChI is InChI=1S/C12H15FO2/c1-8(2)7-11(14)9-5-4-6-10(13)12(9)15-3/h4-6,8H,7H2,1-3H3. The van der Waals surface area contributed by atoms with Crippen LogP contribution in [0.4, 0.5) is 4.39 Å². The number of benzene rings is 1. The molecule has 0 aliphatic rings. The summed E-state index contributed by atoms with van der Waals surface area (Å²) in [6.45, 7) is 3.90. The molecule has 0 aromatic heterocycles. The van der Waals surface area contributed by atoms with E-state index in [0.717, 1.165) is 0 Å². The van der Waals surface area contributed by atoms with E-state index in [1.165, 1.54) is 19.2 Å². The summed E-state index contributed by atoms with van der Waals surface area (Å²) in [5.74, 6) is -0.276. The van der Waals surface area contributed by atoms with Crippen LogP contribution in [0.1, 0.15) is 30.6 Å². The maximum Gasteiger partial charge on any atom is 0.166 e. The summed E-state index contributed by atoms with van der Waals surface area (Å²) in [7, 11) is 1.37. The lowest BCUT2D eigenvalue weighted by Crippen LogP contribution is -2.06. The van der Waals surface area contributed by atoms with Crippen molar-refractivity contribution in [1.82, 2.24) is 0 Å². The average molecular weight is 210 g/mol. The molecule has 3 heteroatoms. The number of Topliss-reactive ketones (excluding diaryl/α,β-unsaturated/α-hetero) is 1. The van der Waals surface area contributed by atoms with Crippen LogP contribution >= 0.6 is 0 Å². The lowest BCUT2D eigenvalue weighted by atomic mass is 10.0. The van der Waals surface area contributed by atoms with Crippen LogP contribution in [0.3, 0.4) is 0 Å². The first kappa shape index (κ1) is 11.7. The Hall–Kier alpha value is -1.38. The van der Waals surface area contributed by atoms with E-state index in [1.54, 1.807) is 6.07 Å². The molecule has 0 saturated heterocycles. The number of rotatable bonds is 4. The number of methoxy groups -OCH3 is 1. The molecule has 0 spiro atoms. The molecule has 0 aliphatic heterocycles. The lowest BCUT2D eigenvalue weighted by molar-refractivity contribution is 0.0964. The first-order valence-corrected chi connectivity index (χ1v) is 4.92. The van der Waals surface area contributed by atoms with Gasteiger partial charge < -0.3 is 4.74 Å². The number of hydrogen-bond donors (Lipinski definition) is 0. The zero-order valence-electron chi connectivity index (χ0n) is 9.21. The molecule has 0 fully saturated rings. The fraction of sp³-hybridized carbons (Fsp3) is 0.417. The Kier molecular flexibility index (Phi) is 3.83. The number of carbonyl (C=O) groups excluding carboxylic acids is 1. The summed E-state index contributed by atoms with van der Waals surface area (Å²) in [6.07, 6.45) is 0.403. The number of para-hydroxylation sites is 1. The normalized spacial score (nSPS) is 10.5. The van der Waals surface area contributed by atoms with E-state index < -0.39 is 5.82 Å². The largest absolute Gasteiger partial charge is 0.493 e. The van der Waals surface area contributed by atoms with Crippen molar-refractivity contribution in [2.75, 3.05) is 7.11 Å². The van der Waals surface area contributed by atoms with Gasteiger partial charge in [0.15, 0.2) is 17.3 Å². The molecule has 1 aromatic rings. The number of carbonyl (C=O) groups is 1. The first-order valence-electron chi connectivity index (χ1n) is 4.92. The van der Waals surface area contributed by atoms with Crippen molar-refractivity contribution < 1.29 is 13.9 Å². The molecule has 0 heterocycles. The monoisotopic (exact) mass is 210 g/mol. The Bertz CT molecular complexity index is 359. The van der Waals surface area contributed by atoms with Gasteiger partial charge in [-0.2, -0.15) is 0 Å². The van der Waals surface area contributed by atoms with E-state index in [1.807, 2.05) is 13.8 Å². The van der Waals surface area contributed by atoms with Crippen LogP contribution in [0.5, 0.6) is 5.75 Å². The molecule has 0 amide bonds. The van der Waals surface area contributed by atoms with Crippen LogP contribution in [0.15, 0.2) is 18.2 Å². The summed E-state index contributed by atoms with van der Waals surface area (Å²) in [5.41, 5.74) is 0.325. The van der Waals surface area contributed by atoms with Crippen molar-refractivity contribution >= 4 is 5.78 Å². The van der Waals surface area contributed by atoms with Crippen molar-refractivity contribution in [3.05, 3.63) is 29.6 Å². The smallest absolute Gasteiger partial charge is 0.166 e. The molecule has 1 rings (SSSR count). The van der Waals surface area contributed by atoms with Gasteiger partial charge >= 0.3 is 0 Å². The summed E-state index contributed by atoms with van der Waals surface area (Å²) >= 11 is 0. The van der Waals surface area contributed by atoms with Crippen molar-refractivity contribution in [3.63, 3.8) is 0 Å². The van der Waals surface area contributed by atoms with Crippen molar-refractivity contribution in [1.29, 1.82) is 0 Å². The van der Waals surface area contributed by atoms with Gasteiger partial charge in [-0.15, -0.1) is 0 Å². The second kappa shape index (κ2) is 4.91. The average Bonchev–Trinajstić information content (AvgIpc) is 2.16. The van der Waals surface area contributed by atoms with Gasteiger partial charge in [0.1, 0.15) is 0 Å². The highest BCUT2D eigenvalue weighted by Gasteiger charge is 2.16. The number of hydrogen-bond acceptors (Lipinski definition) is 2. The molecule has 0 atom stereocenters. The molecule has 15 heavy (non-hydrogen) atoms. The highest BCUT2D eigenvalue weighted by Crippen LogP contribution is 2.24. The third-order valence-corrected chi connectivity index (χ3v) is 2.07. The third-order valence-electron chi connectivity index (χ3n) is 2.07. The van der Waals surface area contributed by atoms with Gasteiger partial charge in [0.25, 0.3) is 0 Å². The second-order valence-electron chi connectivity index (χ2n) is 3.84. The Labute approximate surface area is 89.1 Å². The maximum absolute atomic E-state index is 13.3. The first-order chi connectivity index (χ1) is 7.06. The summed E-state index contributed by atoms with van der Waals surface area (Å²) in [6, 6.07) is 4.39. The molecule has 1 aromatic carbocycles. The maximum atomic E-state index is 13.3. The fourth-order valence-electron chi connectivity index (χ4n) is 1.42. The molecule has 0 unspecified atom stereocenters. The molecule has 0 radical (unpaired) electrons. The van der Waals surface area contributed by atoms with Gasteiger partial charge in [0, 0.05) is 6.42 Å².